The number of hydrogen-bond acceptors (Lipinski definition) is 3. The lowest BCUT2D eigenvalue weighted by Crippen LogP contribution is -2.44. The summed E-state index contributed by atoms with van der Waals surface area (Å²) in [5, 5.41) is 8.93. The number of imidazole rings is 1. The number of hydrogen-bond donors (Lipinski definition) is 0. The summed E-state index contributed by atoms with van der Waals surface area (Å²) >= 11 is 0. The van der Waals surface area contributed by atoms with Crippen LogP contribution in [0.25, 0.3) is 0 Å². The molecule has 1 amide bonds. The fraction of sp³-hybridized carbons (Fsp3) is 0.545. The Bertz CT molecular complexity index is 455. The zero-order valence-corrected chi connectivity index (χ0v) is 9.47. The predicted molar refractivity (Wildman–Crippen MR) is 57.0 cm³/mol. The molecule has 1 aromatic rings. The van der Waals surface area contributed by atoms with E-state index in [2.05, 4.69) is 4.98 Å². The number of fused-ring (bicyclic) bond motifs is 1. The maximum Gasteiger partial charge on any atom is 0.242 e. The van der Waals surface area contributed by atoms with E-state index in [4.69, 9.17) is 5.26 Å². The first-order valence-corrected chi connectivity index (χ1v) is 5.25. The van der Waals surface area contributed by atoms with Crippen LogP contribution in [0.1, 0.15) is 19.7 Å². The molecule has 0 saturated carbocycles. The van der Waals surface area contributed by atoms with Gasteiger partial charge in [-0.05, 0) is 13.8 Å². The predicted octanol–water partition coefficient (Wildman–Crippen LogP) is 0.775. The van der Waals surface area contributed by atoms with Crippen LogP contribution in [0.3, 0.4) is 0 Å². The van der Waals surface area contributed by atoms with Crippen molar-refractivity contribution in [1.29, 1.82) is 5.26 Å². The van der Waals surface area contributed by atoms with E-state index in [1.165, 1.54) is 0 Å². The topological polar surface area (TPSA) is 61.9 Å². The lowest BCUT2D eigenvalue weighted by atomic mass is 9.93. The number of rotatable bonds is 1. The van der Waals surface area contributed by atoms with Crippen LogP contribution < -0.4 is 0 Å². The van der Waals surface area contributed by atoms with E-state index in [0.717, 1.165) is 12.4 Å². The molecule has 16 heavy (non-hydrogen) atoms. The van der Waals surface area contributed by atoms with Crippen molar-refractivity contribution in [3.63, 3.8) is 0 Å². The quantitative estimate of drug-likeness (QED) is 0.699. The minimum absolute atomic E-state index is 0.121. The Morgan fingerprint density at radius 3 is 3.00 bits per heavy atom. The molecule has 2 heterocycles. The number of carbonyl (C=O) groups is 1. The molecule has 1 aliphatic rings. The third-order valence-corrected chi connectivity index (χ3v) is 2.85. The Labute approximate surface area is 94.3 Å². The highest BCUT2D eigenvalue weighted by Crippen LogP contribution is 2.20. The fourth-order valence-electron chi connectivity index (χ4n) is 1.79. The van der Waals surface area contributed by atoms with Gasteiger partial charge in [0.15, 0.2) is 0 Å². The van der Waals surface area contributed by atoms with Gasteiger partial charge in [0.1, 0.15) is 11.2 Å². The lowest BCUT2D eigenvalue weighted by molar-refractivity contribution is -0.139. The van der Waals surface area contributed by atoms with Gasteiger partial charge in [-0.3, -0.25) is 4.79 Å². The van der Waals surface area contributed by atoms with Crippen molar-refractivity contribution in [2.45, 2.75) is 26.9 Å². The van der Waals surface area contributed by atoms with Crippen LogP contribution in [0.4, 0.5) is 0 Å². The van der Waals surface area contributed by atoms with Crippen molar-refractivity contribution in [3.8, 4) is 6.07 Å². The second-order valence-corrected chi connectivity index (χ2v) is 4.50. The van der Waals surface area contributed by atoms with Gasteiger partial charge in [-0.25, -0.2) is 4.98 Å². The minimum Gasteiger partial charge on any atom is -0.332 e. The van der Waals surface area contributed by atoms with E-state index in [1.54, 1.807) is 24.9 Å². The van der Waals surface area contributed by atoms with Crippen LogP contribution >= 0.6 is 0 Å². The fourth-order valence-corrected chi connectivity index (χ4v) is 1.79. The summed E-state index contributed by atoms with van der Waals surface area (Å²) in [5.41, 5.74) is -0.950. The largest absolute Gasteiger partial charge is 0.332 e. The monoisotopic (exact) mass is 218 g/mol. The van der Waals surface area contributed by atoms with Gasteiger partial charge in [0.2, 0.25) is 5.91 Å². The standard InChI is InChI=1S/C11H14N4O/c1-11(2,8-12)10(16)15-6-5-14-4-3-13-9(14)7-15/h3-4H,5-7H2,1-2H3. The summed E-state index contributed by atoms with van der Waals surface area (Å²) in [4.78, 5) is 17.9. The van der Waals surface area contributed by atoms with E-state index in [9.17, 15) is 4.79 Å². The highest BCUT2D eigenvalue weighted by Gasteiger charge is 2.33. The third kappa shape index (κ3) is 1.67. The Morgan fingerprint density at radius 2 is 2.31 bits per heavy atom. The van der Waals surface area contributed by atoms with Gasteiger partial charge in [0.05, 0.1) is 12.6 Å². The van der Waals surface area contributed by atoms with Crippen molar-refractivity contribution in [3.05, 3.63) is 18.2 Å². The number of nitriles is 1. The molecule has 0 atom stereocenters. The molecule has 5 heteroatoms. The minimum atomic E-state index is -0.950. The van der Waals surface area contributed by atoms with Crippen LogP contribution in [0.2, 0.25) is 0 Å². The van der Waals surface area contributed by atoms with Gasteiger partial charge in [-0.2, -0.15) is 5.26 Å². The molecule has 0 aliphatic carbocycles. The van der Waals surface area contributed by atoms with E-state index in [-0.39, 0.29) is 5.91 Å². The van der Waals surface area contributed by atoms with E-state index < -0.39 is 5.41 Å². The molecule has 0 bridgehead atoms. The highest BCUT2D eigenvalue weighted by atomic mass is 16.2. The van der Waals surface area contributed by atoms with Crippen LogP contribution in [0.15, 0.2) is 12.4 Å². The molecule has 0 radical (unpaired) electrons. The SMILES string of the molecule is CC(C)(C#N)C(=O)N1CCn2ccnc2C1. The summed E-state index contributed by atoms with van der Waals surface area (Å²) in [6, 6.07) is 2.04. The molecule has 0 unspecified atom stereocenters. The molecule has 5 nitrogen and oxygen atoms in total. The van der Waals surface area contributed by atoms with Gasteiger partial charge < -0.3 is 9.47 Å². The Hall–Kier alpha value is -1.83. The van der Waals surface area contributed by atoms with Crippen LogP contribution in [0, 0.1) is 16.7 Å². The molecule has 1 aromatic heterocycles. The van der Waals surface area contributed by atoms with E-state index >= 15 is 0 Å². The average Bonchev–Trinajstić information content (AvgIpc) is 2.74. The van der Waals surface area contributed by atoms with Crippen LogP contribution in [-0.2, 0) is 17.9 Å². The molecule has 0 aromatic carbocycles. The zero-order chi connectivity index (χ0) is 11.8. The zero-order valence-electron chi connectivity index (χ0n) is 9.47. The molecule has 0 spiro atoms. The molecular weight excluding hydrogens is 204 g/mol. The smallest absolute Gasteiger partial charge is 0.242 e. The Balaban J connectivity index is 2.16. The van der Waals surface area contributed by atoms with Gasteiger partial charge >= 0.3 is 0 Å². The van der Waals surface area contributed by atoms with Crippen molar-refractivity contribution < 1.29 is 4.79 Å². The van der Waals surface area contributed by atoms with Gasteiger partial charge in [-0.15, -0.1) is 0 Å². The number of carbonyl (C=O) groups excluding carboxylic acids is 1. The normalized spacial score (nSPS) is 15.4. The lowest BCUT2D eigenvalue weighted by Gasteiger charge is -2.31. The Morgan fingerprint density at radius 1 is 1.56 bits per heavy atom. The van der Waals surface area contributed by atoms with E-state index in [0.29, 0.717) is 13.1 Å². The molecule has 84 valence electrons. The first kappa shape index (κ1) is 10.7. The maximum absolute atomic E-state index is 12.0. The molecule has 1 aliphatic heterocycles. The number of amides is 1. The summed E-state index contributed by atoms with van der Waals surface area (Å²) < 4.78 is 2.03. The maximum atomic E-state index is 12.0. The second-order valence-electron chi connectivity index (χ2n) is 4.50. The Kier molecular flexibility index (Phi) is 2.43. The third-order valence-electron chi connectivity index (χ3n) is 2.85. The molecule has 2 rings (SSSR count). The first-order chi connectivity index (χ1) is 7.54. The molecule has 0 saturated heterocycles. The van der Waals surface area contributed by atoms with Gasteiger partial charge in [0.25, 0.3) is 0 Å². The van der Waals surface area contributed by atoms with Gasteiger partial charge in [0, 0.05) is 25.5 Å². The summed E-state index contributed by atoms with van der Waals surface area (Å²) in [5.74, 6) is 0.762. The van der Waals surface area contributed by atoms with Crippen LogP contribution in [0.5, 0.6) is 0 Å². The number of aromatic nitrogens is 2. The highest BCUT2D eigenvalue weighted by molar-refractivity contribution is 5.84. The van der Waals surface area contributed by atoms with Crippen molar-refractivity contribution >= 4 is 5.91 Å². The summed E-state index contributed by atoms with van der Waals surface area (Å²) in [6.45, 7) is 5.19. The molecular formula is C11H14N4O. The molecule has 0 N–H and O–H groups in total. The first-order valence-electron chi connectivity index (χ1n) is 5.25. The van der Waals surface area contributed by atoms with Gasteiger partial charge in [-0.1, -0.05) is 0 Å². The average molecular weight is 218 g/mol. The number of nitrogens with zero attached hydrogens (tertiary/aromatic N) is 4. The van der Waals surface area contributed by atoms with Crippen molar-refractivity contribution in [2.75, 3.05) is 6.54 Å². The second kappa shape index (κ2) is 3.63. The summed E-state index contributed by atoms with van der Waals surface area (Å²) in [7, 11) is 0. The van der Waals surface area contributed by atoms with Crippen LogP contribution in [-0.4, -0.2) is 26.9 Å². The molecule has 0 fully saturated rings. The summed E-state index contributed by atoms with van der Waals surface area (Å²) in [6.07, 6.45) is 3.64. The van der Waals surface area contributed by atoms with Crippen molar-refractivity contribution in [1.82, 2.24) is 14.5 Å². The van der Waals surface area contributed by atoms with E-state index in [1.807, 2.05) is 16.8 Å². The van der Waals surface area contributed by atoms with Crippen molar-refractivity contribution in [2.24, 2.45) is 5.41 Å².